The van der Waals surface area contributed by atoms with Crippen molar-refractivity contribution >= 4 is 17.5 Å². The first-order chi connectivity index (χ1) is 11.1. The van der Waals surface area contributed by atoms with Gasteiger partial charge in [0.05, 0.1) is 0 Å². The van der Waals surface area contributed by atoms with Crippen LogP contribution in [0.4, 0.5) is 11.6 Å². The van der Waals surface area contributed by atoms with Crippen LogP contribution in [0.15, 0.2) is 30.6 Å². The molecular formula is C18H22N4O. The van der Waals surface area contributed by atoms with Gasteiger partial charge in [0.15, 0.2) is 0 Å². The molecule has 0 saturated carbocycles. The van der Waals surface area contributed by atoms with E-state index in [2.05, 4.69) is 20.2 Å². The predicted octanol–water partition coefficient (Wildman–Crippen LogP) is 3.34. The quantitative estimate of drug-likeness (QED) is 0.944. The van der Waals surface area contributed by atoms with Crippen molar-refractivity contribution < 1.29 is 4.79 Å². The fourth-order valence-electron chi connectivity index (χ4n) is 2.78. The van der Waals surface area contributed by atoms with E-state index in [9.17, 15) is 4.79 Å². The van der Waals surface area contributed by atoms with Crippen molar-refractivity contribution in [1.29, 1.82) is 0 Å². The number of carbonyl (C=O) groups is 1. The third-order valence-electron chi connectivity index (χ3n) is 4.34. The Kier molecular flexibility index (Phi) is 4.55. The van der Waals surface area contributed by atoms with Crippen LogP contribution in [-0.2, 0) is 0 Å². The zero-order valence-corrected chi connectivity index (χ0v) is 13.7. The van der Waals surface area contributed by atoms with Gasteiger partial charge in [-0.05, 0) is 56.4 Å². The molecule has 0 radical (unpaired) electrons. The Morgan fingerprint density at radius 2 is 1.83 bits per heavy atom. The summed E-state index contributed by atoms with van der Waals surface area (Å²) in [7, 11) is 0. The van der Waals surface area contributed by atoms with Gasteiger partial charge in [-0.3, -0.25) is 4.79 Å². The molecule has 1 aliphatic rings. The highest BCUT2D eigenvalue weighted by Gasteiger charge is 2.14. The van der Waals surface area contributed by atoms with Crippen molar-refractivity contribution in [1.82, 2.24) is 9.97 Å². The Balaban J connectivity index is 1.74. The highest BCUT2D eigenvalue weighted by molar-refractivity contribution is 6.04. The number of aromatic nitrogens is 2. The summed E-state index contributed by atoms with van der Waals surface area (Å²) in [6.45, 7) is 6.07. The monoisotopic (exact) mass is 310 g/mol. The molecule has 5 heteroatoms. The predicted molar refractivity (Wildman–Crippen MR) is 92.0 cm³/mol. The molecule has 23 heavy (non-hydrogen) atoms. The number of amides is 1. The summed E-state index contributed by atoms with van der Waals surface area (Å²) in [6, 6.07) is 7.55. The summed E-state index contributed by atoms with van der Waals surface area (Å²) in [4.78, 5) is 23.1. The molecule has 0 spiro atoms. The number of piperidine rings is 1. The molecule has 0 aliphatic carbocycles. The fraction of sp³-hybridized carbons (Fsp3) is 0.389. The first kappa shape index (κ1) is 15.5. The molecule has 1 aromatic carbocycles. The number of hydrogen-bond donors (Lipinski definition) is 1. The summed E-state index contributed by atoms with van der Waals surface area (Å²) in [6.07, 6.45) is 5.17. The maximum absolute atomic E-state index is 12.4. The molecule has 1 aromatic heterocycles. The van der Waals surface area contributed by atoms with Gasteiger partial charge in [0.25, 0.3) is 5.91 Å². The summed E-state index contributed by atoms with van der Waals surface area (Å²) >= 11 is 0. The van der Waals surface area contributed by atoms with Crippen molar-refractivity contribution in [3.05, 3.63) is 47.3 Å². The van der Waals surface area contributed by atoms with Crippen LogP contribution in [0, 0.1) is 13.8 Å². The lowest BCUT2D eigenvalue weighted by molar-refractivity contribution is 0.102. The lowest BCUT2D eigenvalue weighted by atomic mass is 10.1. The van der Waals surface area contributed by atoms with E-state index in [1.807, 2.05) is 38.1 Å². The Bertz CT molecular complexity index is 708. The van der Waals surface area contributed by atoms with E-state index < -0.39 is 0 Å². The Hall–Kier alpha value is -2.43. The molecule has 1 N–H and O–H groups in total. The van der Waals surface area contributed by atoms with E-state index in [0.29, 0.717) is 11.4 Å². The number of nitrogens with one attached hydrogen (secondary N) is 1. The van der Waals surface area contributed by atoms with Crippen LogP contribution in [0.2, 0.25) is 0 Å². The maximum atomic E-state index is 12.4. The number of nitrogens with zero attached hydrogens (tertiary/aromatic N) is 3. The van der Waals surface area contributed by atoms with Crippen LogP contribution in [-0.4, -0.2) is 29.0 Å². The Morgan fingerprint density at radius 3 is 2.57 bits per heavy atom. The Labute approximate surface area is 136 Å². The molecule has 1 amide bonds. The number of benzene rings is 1. The van der Waals surface area contributed by atoms with Gasteiger partial charge in [0, 0.05) is 24.7 Å². The third-order valence-corrected chi connectivity index (χ3v) is 4.34. The first-order valence-corrected chi connectivity index (χ1v) is 8.09. The zero-order valence-electron chi connectivity index (χ0n) is 13.7. The molecule has 0 atom stereocenters. The van der Waals surface area contributed by atoms with Gasteiger partial charge < -0.3 is 10.2 Å². The van der Waals surface area contributed by atoms with E-state index in [1.54, 1.807) is 0 Å². The van der Waals surface area contributed by atoms with Crippen molar-refractivity contribution in [2.45, 2.75) is 33.1 Å². The highest BCUT2D eigenvalue weighted by Crippen LogP contribution is 2.19. The van der Waals surface area contributed by atoms with Crippen LogP contribution < -0.4 is 10.2 Å². The van der Waals surface area contributed by atoms with Crippen molar-refractivity contribution in [3.63, 3.8) is 0 Å². The molecule has 0 bridgehead atoms. The number of carbonyl (C=O) groups excluding carboxylic acids is 1. The molecule has 1 aliphatic heterocycles. The summed E-state index contributed by atoms with van der Waals surface area (Å²) in [5, 5.41) is 2.87. The molecule has 0 unspecified atom stereocenters. The minimum atomic E-state index is -0.142. The second kappa shape index (κ2) is 6.77. The van der Waals surface area contributed by atoms with Gasteiger partial charge in [-0.1, -0.05) is 6.07 Å². The molecule has 3 rings (SSSR count). The van der Waals surface area contributed by atoms with Gasteiger partial charge in [-0.2, -0.15) is 0 Å². The van der Waals surface area contributed by atoms with Crippen molar-refractivity contribution in [2.75, 3.05) is 23.3 Å². The number of anilines is 2. The topological polar surface area (TPSA) is 58.1 Å². The van der Waals surface area contributed by atoms with Crippen LogP contribution in [0.1, 0.15) is 40.7 Å². The lowest BCUT2D eigenvalue weighted by Gasteiger charge is -2.27. The van der Waals surface area contributed by atoms with E-state index in [4.69, 9.17) is 0 Å². The average Bonchev–Trinajstić information content (AvgIpc) is 2.58. The molecule has 1 saturated heterocycles. The summed E-state index contributed by atoms with van der Waals surface area (Å²) in [5.41, 5.74) is 2.93. The van der Waals surface area contributed by atoms with Gasteiger partial charge in [-0.25, -0.2) is 9.97 Å². The normalized spacial score (nSPS) is 14.6. The summed E-state index contributed by atoms with van der Waals surface area (Å²) < 4.78 is 0. The van der Waals surface area contributed by atoms with E-state index in [1.165, 1.54) is 31.2 Å². The zero-order chi connectivity index (χ0) is 16.2. The van der Waals surface area contributed by atoms with Gasteiger partial charge in [0.1, 0.15) is 18.0 Å². The Morgan fingerprint density at radius 1 is 1.04 bits per heavy atom. The smallest absolute Gasteiger partial charge is 0.256 e. The molecule has 2 heterocycles. The average molecular weight is 310 g/mol. The molecule has 1 fully saturated rings. The van der Waals surface area contributed by atoms with Gasteiger partial charge in [0.2, 0.25) is 0 Å². The van der Waals surface area contributed by atoms with E-state index >= 15 is 0 Å². The fourth-order valence-corrected chi connectivity index (χ4v) is 2.78. The van der Waals surface area contributed by atoms with Gasteiger partial charge >= 0.3 is 0 Å². The SMILES string of the molecule is Cc1ccc(C(=O)Nc2cc(N3CCCCC3)ncn2)cc1C. The number of aryl methyl sites for hydroxylation is 2. The van der Waals surface area contributed by atoms with E-state index in [0.717, 1.165) is 24.5 Å². The van der Waals surface area contributed by atoms with Crippen molar-refractivity contribution in [2.24, 2.45) is 0 Å². The highest BCUT2D eigenvalue weighted by atomic mass is 16.1. The molecule has 5 nitrogen and oxygen atoms in total. The second-order valence-corrected chi connectivity index (χ2v) is 6.06. The standard InChI is InChI=1S/C18H22N4O/c1-13-6-7-15(10-14(13)2)18(23)21-16-11-17(20-12-19-16)22-8-4-3-5-9-22/h6-7,10-12H,3-5,8-9H2,1-2H3,(H,19,20,21,23). The number of hydrogen-bond acceptors (Lipinski definition) is 4. The molecule has 120 valence electrons. The van der Waals surface area contributed by atoms with Crippen LogP contribution in [0.5, 0.6) is 0 Å². The van der Waals surface area contributed by atoms with Crippen LogP contribution in [0.25, 0.3) is 0 Å². The summed E-state index contributed by atoms with van der Waals surface area (Å²) in [5.74, 6) is 1.29. The maximum Gasteiger partial charge on any atom is 0.256 e. The molecular weight excluding hydrogens is 288 g/mol. The first-order valence-electron chi connectivity index (χ1n) is 8.09. The van der Waals surface area contributed by atoms with Gasteiger partial charge in [-0.15, -0.1) is 0 Å². The largest absolute Gasteiger partial charge is 0.356 e. The third kappa shape index (κ3) is 3.67. The second-order valence-electron chi connectivity index (χ2n) is 6.06. The van der Waals surface area contributed by atoms with Crippen LogP contribution >= 0.6 is 0 Å². The molecule has 2 aromatic rings. The van der Waals surface area contributed by atoms with Crippen molar-refractivity contribution in [3.8, 4) is 0 Å². The minimum absolute atomic E-state index is 0.142. The number of rotatable bonds is 3. The minimum Gasteiger partial charge on any atom is -0.356 e. The van der Waals surface area contributed by atoms with Crippen LogP contribution in [0.3, 0.4) is 0 Å². The lowest BCUT2D eigenvalue weighted by Crippen LogP contribution is -2.30. The van der Waals surface area contributed by atoms with E-state index in [-0.39, 0.29) is 5.91 Å².